The summed E-state index contributed by atoms with van der Waals surface area (Å²) in [5, 5.41) is 8.74. The fraction of sp³-hybridized carbons (Fsp3) is 0.289. The second kappa shape index (κ2) is 16.4. The lowest BCUT2D eigenvalue weighted by Crippen LogP contribution is -2.25. The molecular weight excluding hydrogens is 606 g/mol. The Morgan fingerprint density at radius 1 is 1.04 bits per heavy atom. The zero-order chi connectivity index (χ0) is 34.0. The largest absolute Gasteiger partial charge is 0.496 e. The minimum atomic E-state index is -4.49. The molecule has 0 aromatic heterocycles. The number of anilines is 1. The Morgan fingerprint density at radius 2 is 1.81 bits per heavy atom. The third-order valence-electron chi connectivity index (χ3n) is 7.90. The standard InChI is InChI=1S/C23H24FNO.C15H17F3N2O/c1-15-13-18(9-11-20(15)24)23(25-14-16-7-8-16)22-19-6-4-3-5-17(19)10-12-21(22)26-2;1-2-4-12(15(16,17)18)8-14(10-21)20-13-6-3-5-11(7-13)9-19/h3-6,9-13,16,23,25H,7-8,14H2,1-2H3;3-8,10,20H,2,9,19H2,1H3/b;12-4-,14-8-. The number of fused-ring (bicyclic) bond motifs is 1. The van der Waals surface area contributed by atoms with Crippen molar-refractivity contribution in [2.75, 3.05) is 19.0 Å². The third kappa shape index (κ3) is 9.76. The molecule has 0 amide bonds. The molecule has 1 atom stereocenters. The molecule has 5 nitrogen and oxygen atoms in total. The molecule has 4 aromatic carbocycles. The molecule has 0 aliphatic heterocycles. The molecule has 4 aromatic rings. The Bertz CT molecular complexity index is 1730. The maximum absolute atomic E-state index is 13.8. The summed E-state index contributed by atoms with van der Waals surface area (Å²) in [5.74, 6) is 1.44. The first kappa shape index (κ1) is 35.4. The van der Waals surface area contributed by atoms with Gasteiger partial charge < -0.3 is 21.1 Å². The number of aryl methyl sites for hydroxylation is 1. The van der Waals surface area contributed by atoms with Gasteiger partial charge in [-0.2, -0.15) is 13.2 Å². The highest BCUT2D eigenvalue weighted by Gasteiger charge is 2.32. The second-order valence-corrected chi connectivity index (χ2v) is 11.5. The lowest BCUT2D eigenvalue weighted by molar-refractivity contribution is -0.104. The highest BCUT2D eigenvalue weighted by atomic mass is 19.4. The highest BCUT2D eigenvalue weighted by molar-refractivity contribution is 5.88. The lowest BCUT2D eigenvalue weighted by Gasteiger charge is -2.24. The van der Waals surface area contributed by atoms with E-state index in [1.807, 2.05) is 31.2 Å². The molecule has 1 unspecified atom stereocenters. The first-order valence-electron chi connectivity index (χ1n) is 15.6. The SMILES string of the molecule is CC/C=C(/C=C(/C=O)Nc1cccc(CN)c1)C(F)(F)F.COc1ccc2ccccc2c1C(NCC1CC1)c1ccc(F)c(C)c1. The normalized spacial score (nSPS) is 14.3. The van der Waals surface area contributed by atoms with Gasteiger partial charge in [0.2, 0.25) is 0 Å². The van der Waals surface area contributed by atoms with Gasteiger partial charge in [-0.3, -0.25) is 4.79 Å². The number of halogens is 4. The van der Waals surface area contributed by atoms with Crippen LogP contribution in [0.2, 0.25) is 0 Å². The molecule has 1 aliphatic carbocycles. The van der Waals surface area contributed by atoms with Crippen molar-refractivity contribution in [3.8, 4) is 5.75 Å². The minimum Gasteiger partial charge on any atom is -0.496 e. The number of nitrogens with one attached hydrogen (secondary N) is 2. The molecule has 5 rings (SSSR count). The number of rotatable bonds is 12. The van der Waals surface area contributed by atoms with E-state index in [1.54, 1.807) is 44.4 Å². The number of allylic oxidation sites excluding steroid dienone is 4. The van der Waals surface area contributed by atoms with Crippen molar-refractivity contribution in [3.05, 3.63) is 130 Å². The van der Waals surface area contributed by atoms with Crippen molar-refractivity contribution >= 4 is 22.7 Å². The van der Waals surface area contributed by atoms with Crippen LogP contribution in [-0.2, 0) is 11.3 Å². The van der Waals surface area contributed by atoms with Crippen LogP contribution in [-0.4, -0.2) is 26.1 Å². The van der Waals surface area contributed by atoms with Crippen LogP contribution in [0.15, 0.2) is 102 Å². The summed E-state index contributed by atoms with van der Waals surface area (Å²) in [6.45, 7) is 4.68. The number of nitrogens with two attached hydrogens (primary N) is 1. The van der Waals surface area contributed by atoms with E-state index in [4.69, 9.17) is 10.5 Å². The molecule has 0 bridgehead atoms. The average molecular weight is 648 g/mol. The quantitative estimate of drug-likeness (QED) is 0.0620. The molecule has 9 heteroatoms. The number of carbonyl (C=O) groups is 1. The number of benzene rings is 4. The number of alkyl halides is 3. The molecule has 1 aliphatic rings. The predicted molar refractivity (Wildman–Crippen MR) is 181 cm³/mol. The summed E-state index contributed by atoms with van der Waals surface area (Å²) in [5.41, 5.74) is 8.65. The monoisotopic (exact) mass is 647 g/mol. The second-order valence-electron chi connectivity index (χ2n) is 11.5. The first-order valence-corrected chi connectivity index (χ1v) is 15.6. The zero-order valence-corrected chi connectivity index (χ0v) is 26.8. The van der Waals surface area contributed by atoms with Gasteiger partial charge in [0.15, 0.2) is 6.29 Å². The van der Waals surface area contributed by atoms with E-state index in [0.29, 0.717) is 24.1 Å². The fourth-order valence-corrected chi connectivity index (χ4v) is 5.28. The molecule has 0 saturated heterocycles. The van der Waals surface area contributed by atoms with Gasteiger partial charge in [0.1, 0.15) is 11.6 Å². The zero-order valence-electron chi connectivity index (χ0n) is 26.8. The van der Waals surface area contributed by atoms with Crippen LogP contribution < -0.4 is 21.1 Å². The Kier molecular flexibility index (Phi) is 12.3. The molecule has 47 heavy (non-hydrogen) atoms. The minimum absolute atomic E-state index is 0.0315. The van der Waals surface area contributed by atoms with Crippen LogP contribution in [0.3, 0.4) is 0 Å². The molecule has 248 valence electrons. The molecule has 0 heterocycles. The summed E-state index contributed by atoms with van der Waals surface area (Å²) in [7, 11) is 1.71. The average Bonchev–Trinajstić information content (AvgIpc) is 3.90. The van der Waals surface area contributed by atoms with Crippen molar-refractivity contribution in [2.45, 2.75) is 51.9 Å². The van der Waals surface area contributed by atoms with Crippen molar-refractivity contribution in [3.63, 3.8) is 0 Å². The maximum Gasteiger partial charge on any atom is 0.416 e. The predicted octanol–water partition coefficient (Wildman–Crippen LogP) is 8.92. The van der Waals surface area contributed by atoms with E-state index < -0.39 is 11.7 Å². The van der Waals surface area contributed by atoms with Crippen LogP contribution in [0, 0.1) is 18.7 Å². The van der Waals surface area contributed by atoms with Crippen LogP contribution >= 0.6 is 0 Å². The summed E-state index contributed by atoms with van der Waals surface area (Å²) < 4.78 is 57.9. The molecule has 0 spiro atoms. The van der Waals surface area contributed by atoms with Crippen LogP contribution in [0.4, 0.5) is 23.2 Å². The highest BCUT2D eigenvalue weighted by Crippen LogP contribution is 2.38. The fourth-order valence-electron chi connectivity index (χ4n) is 5.28. The topological polar surface area (TPSA) is 76.4 Å². The van der Waals surface area contributed by atoms with Crippen molar-refractivity contribution in [1.29, 1.82) is 0 Å². The number of carbonyl (C=O) groups excluding carboxylic acids is 1. The number of aldehydes is 1. The third-order valence-corrected chi connectivity index (χ3v) is 7.90. The Morgan fingerprint density at radius 3 is 2.45 bits per heavy atom. The van der Waals surface area contributed by atoms with Gasteiger partial charge in [0.05, 0.1) is 24.4 Å². The van der Waals surface area contributed by atoms with Gasteiger partial charge in [0, 0.05) is 17.8 Å². The Hall–Kier alpha value is -4.47. The van der Waals surface area contributed by atoms with Crippen molar-refractivity contribution < 1.29 is 27.1 Å². The van der Waals surface area contributed by atoms with Gasteiger partial charge in [-0.1, -0.05) is 67.6 Å². The number of ether oxygens (including phenoxy) is 1. The molecular formula is C38H41F4N3O2. The van der Waals surface area contributed by atoms with E-state index in [1.165, 1.54) is 23.6 Å². The number of hydrogen-bond donors (Lipinski definition) is 3. The van der Waals surface area contributed by atoms with Crippen LogP contribution in [0.5, 0.6) is 5.75 Å². The van der Waals surface area contributed by atoms with Crippen LogP contribution in [0.25, 0.3) is 10.8 Å². The number of methoxy groups -OCH3 is 1. The van der Waals surface area contributed by atoms with E-state index in [-0.39, 0.29) is 24.0 Å². The molecule has 1 saturated carbocycles. The van der Waals surface area contributed by atoms with E-state index in [0.717, 1.165) is 47.1 Å². The van der Waals surface area contributed by atoms with Gasteiger partial charge >= 0.3 is 6.18 Å². The molecule has 0 radical (unpaired) electrons. The van der Waals surface area contributed by atoms with Gasteiger partial charge in [-0.05, 0) is 96.5 Å². The van der Waals surface area contributed by atoms with E-state index in [9.17, 15) is 22.4 Å². The lowest BCUT2D eigenvalue weighted by atomic mass is 9.91. The van der Waals surface area contributed by atoms with E-state index >= 15 is 0 Å². The Balaban J connectivity index is 0.000000219. The van der Waals surface area contributed by atoms with E-state index in [2.05, 4.69) is 34.9 Å². The first-order chi connectivity index (χ1) is 22.6. The van der Waals surface area contributed by atoms with Gasteiger partial charge in [-0.15, -0.1) is 0 Å². The van der Waals surface area contributed by atoms with Gasteiger partial charge in [-0.25, -0.2) is 4.39 Å². The summed E-state index contributed by atoms with van der Waals surface area (Å²) >= 11 is 0. The van der Waals surface area contributed by atoms with Crippen molar-refractivity contribution in [2.24, 2.45) is 11.7 Å². The smallest absolute Gasteiger partial charge is 0.416 e. The molecule has 1 fully saturated rings. The summed E-state index contributed by atoms with van der Waals surface area (Å²) in [6.07, 6.45) is 0.479. The van der Waals surface area contributed by atoms with Gasteiger partial charge in [0.25, 0.3) is 0 Å². The summed E-state index contributed by atoms with van der Waals surface area (Å²) in [4.78, 5) is 11.0. The number of hydrogen-bond acceptors (Lipinski definition) is 5. The Labute approximate surface area is 273 Å². The van der Waals surface area contributed by atoms with Crippen molar-refractivity contribution in [1.82, 2.24) is 5.32 Å². The van der Waals surface area contributed by atoms with Crippen LogP contribution in [0.1, 0.15) is 54.5 Å². The molecule has 4 N–H and O–H groups in total. The maximum atomic E-state index is 13.8. The summed E-state index contributed by atoms with van der Waals surface area (Å²) in [6, 6.07) is 24.6.